The predicted molar refractivity (Wildman–Crippen MR) is 133 cm³/mol. The summed E-state index contributed by atoms with van der Waals surface area (Å²) in [5, 5.41) is 41.3. The normalized spacial score (nSPS) is 32.0. The molecule has 2 aromatic heterocycles. The number of rotatable bonds is 5. The third-order valence-electron chi connectivity index (χ3n) is 7.47. The molecule has 3 aromatic rings. The highest BCUT2D eigenvalue weighted by Gasteiger charge is 2.47. The van der Waals surface area contributed by atoms with E-state index in [4.69, 9.17) is 23.9 Å². The molecule has 38 heavy (non-hydrogen) atoms. The van der Waals surface area contributed by atoms with Crippen LogP contribution in [-0.2, 0) is 25.5 Å². The van der Waals surface area contributed by atoms with Gasteiger partial charge in [-0.05, 0) is 23.8 Å². The van der Waals surface area contributed by atoms with Gasteiger partial charge in [0, 0.05) is 18.1 Å². The summed E-state index contributed by atoms with van der Waals surface area (Å²) in [6.45, 7) is 3.66. The lowest BCUT2D eigenvalue weighted by atomic mass is 9.90. The minimum Gasteiger partial charge on any atom is -0.394 e. The van der Waals surface area contributed by atoms with E-state index in [0.717, 1.165) is 16.5 Å². The van der Waals surface area contributed by atoms with Crippen LogP contribution in [0.1, 0.15) is 28.9 Å². The lowest BCUT2D eigenvalue weighted by Crippen LogP contribution is -2.60. The molecule has 6 rings (SSSR count). The zero-order valence-electron chi connectivity index (χ0n) is 20.5. The number of hydrogen-bond donors (Lipinski definition) is 4. The van der Waals surface area contributed by atoms with E-state index in [-0.39, 0.29) is 5.56 Å². The molecule has 8 atom stereocenters. The Morgan fingerprint density at radius 2 is 1.92 bits per heavy atom. The summed E-state index contributed by atoms with van der Waals surface area (Å²) in [6, 6.07) is 11.6. The van der Waals surface area contributed by atoms with Crippen LogP contribution in [0.3, 0.4) is 0 Å². The third kappa shape index (κ3) is 3.82. The summed E-state index contributed by atoms with van der Waals surface area (Å²) in [5.74, 6) is -0.688. The number of nitrogens with zero attached hydrogens (tertiary/aromatic N) is 2. The van der Waals surface area contributed by atoms with Crippen LogP contribution >= 0.6 is 0 Å². The number of aliphatic hydroxyl groups excluding tert-OH is 4. The molecule has 5 heterocycles. The van der Waals surface area contributed by atoms with Crippen LogP contribution in [0.2, 0.25) is 0 Å². The molecule has 1 fully saturated rings. The van der Waals surface area contributed by atoms with E-state index in [2.05, 4.69) is 6.58 Å². The van der Waals surface area contributed by atoms with Gasteiger partial charge >= 0.3 is 0 Å². The topological polar surface area (TPSA) is 153 Å². The molecule has 11 nitrogen and oxygen atoms in total. The van der Waals surface area contributed by atoms with Crippen LogP contribution in [0.4, 0.5) is 0 Å². The van der Waals surface area contributed by atoms with Gasteiger partial charge in [0.1, 0.15) is 24.4 Å². The van der Waals surface area contributed by atoms with E-state index >= 15 is 0 Å². The van der Waals surface area contributed by atoms with Crippen molar-refractivity contribution in [2.24, 2.45) is 0 Å². The van der Waals surface area contributed by atoms with Crippen molar-refractivity contribution in [2.45, 2.75) is 55.7 Å². The van der Waals surface area contributed by atoms with Crippen LogP contribution in [0.15, 0.2) is 53.8 Å². The number of methoxy groups -OCH3 is 1. The maximum Gasteiger partial charge on any atom is 0.260 e. The van der Waals surface area contributed by atoms with Gasteiger partial charge < -0.3 is 43.9 Å². The van der Waals surface area contributed by atoms with E-state index in [0.29, 0.717) is 29.1 Å². The van der Waals surface area contributed by atoms with Crippen molar-refractivity contribution in [3.05, 3.63) is 76.1 Å². The quantitative estimate of drug-likeness (QED) is 0.272. The molecule has 1 aromatic carbocycles. The molecule has 3 aliphatic rings. The Kier molecular flexibility index (Phi) is 6.41. The summed E-state index contributed by atoms with van der Waals surface area (Å²) < 4.78 is 24.6. The van der Waals surface area contributed by atoms with Gasteiger partial charge in [-0.3, -0.25) is 4.79 Å². The van der Waals surface area contributed by atoms with Gasteiger partial charge in [0.15, 0.2) is 18.9 Å². The van der Waals surface area contributed by atoms with Crippen molar-refractivity contribution < 1.29 is 39.4 Å². The Morgan fingerprint density at radius 1 is 1.13 bits per heavy atom. The van der Waals surface area contributed by atoms with Gasteiger partial charge in [-0.1, -0.05) is 24.3 Å². The maximum atomic E-state index is 13.8. The number of ether oxygens (including phenoxy) is 4. The van der Waals surface area contributed by atoms with Crippen LogP contribution in [0.5, 0.6) is 0 Å². The van der Waals surface area contributed by atoms with Gasteiger partial charge in [0.25, 0.3) is 5.56 Å². The Labute approximate surface area is 217 Å². The molecule has 0 bridgehead atoms. The number of hydrogen-bond acceptors (Lipinski definition) is 10. The Hall–Kier alpha value is -3.00. The predicted octanol–water partition coefficient (Wildman–Crippen LogP) is 0.513. The fraction of sp³-hybridized carbons (Fsp3) is 0.407. The first-order chi connectivity index (χ1) is 18.4. The minimum atomic E-state index is -1.63. The second kappa shape index (κ2) is 9.63. The van der Waals surface area contributed by atoms with E-state index in [9.17, 15) is 25.2 Å². The van der Waals surface area contributed by atoms with Crippen molar-refractivity contribution in [1.29, 1.82) is 0 Å². The number of pyridine rings is 2. The minimum absolute atomic E-state index is 0.287. The smallest absolute Gasteiger partial charge is 0.260 e. The van der Waals surface area contributed by atoms with Crippen molar-refractivity contribution >= 4 is 10.9 Å². The van der Waals surface area contributed by atoms with Gasteiger partial charge in [-0.25, -0.2) is 4.98 Å². The Balaban J connectivity index is 1.41. The molecule has 200 valence electrons. The third-order valence-corrected chi connectivity index (χ3v) is 7.47. The highest BCUT2D eigenvalue weighted by Crippen LogP contribution is 2.42. The molecule has 0 aliphatic carbocycles. The van der Waals surface area contributed by atoms with Gasteiger partial charge in [-0.15, -0.1) is 6.58 Å². The van der Waals surface area contributed by atoms with Crippen molar-refractivity contribution in [2.75, 3.05) is 13.7 Å². The largest absolute Gasteiger partial charge is 0.394 e. The van der Waals surface area contributed by atoms with Gasteiger partial charge in [-0.2, -0.15) is 0 Å². The Bertz CT molecular complexity index is 1450. The lowest BCUT2D eigenvalue weighted by molar-refractivity contribution is -0.358. The summed E-state index contributed by atoms with van der Waals surface area (Å²) in [6.07, 6.45) is -8.06. The zero-order chi connectivity index (χ0) is 26.7. The zero-order valence-corrected chi connectivity index (χ0v) is 20.5. The molecule has 3 aliphatic heterocycles. The molecule has 0 spiro atoms. The van der Waals surface area contributed by atoms with E-state index in [1.807, 2.05) is 36.4 Å². The molecule has 0 amide bonds. The SMILES string of the molecule is C=C[C@@H]1c2cc3n(c(=O)c2[C@H](OC)O[C@H]1O[C@@H]1O[C@H](CO)[C@@H](O)[C@H](O)[C@H]1O)Cc1cc2ccccc2nc1-3. The van der Waals surface area contributed by atoms with Crippen molar-refractivity contribution in [1.82, 2.24) is 9.55 Å². The monoisotopic (exact) mass is 524 g/mol. The summed E-state index contributed by atoms with van der Waals surface area (Å²) in [5.41, 5.74) is 3.65. The molecule has 0 radical (unpaired) electrons. The molecule has 4 N–H and O–H groups in total. The molecule has 11 heteroatoms. The highest BCUT2D eigenvalue weighted by atomic mass is 16.8. The second-order valence-electron chi connectivity index (χ2n) is 9.65. The number of aliphatic hydroxyl groups is 4. The first-order valence-corrected chi connectivity index (χ1v) is 12.3. The summed E-state index contributed by atoms with van der Waals surface area (Å²) in [4.78, 5) is 18.6. The van der Waals surface area contributed by atoms with Crippen LogP contribution in [0.25, 0.3) is 22.3 Å². The first kappa shape index (κ1) is 25.3. The van der Waals surface area contributed by atoms with Crippen LogP contribution in [-0.4, -0.2) is 80.7 Å². The highest BCUT2D eigenvalue weighted by molar-refractivity contribution is 5.84. The van der Waals surface area contributed by atoms with E-state index in [1.54, 1.807) is 10.6 Å². The van der Waals surface area contributed by atoms with Gasteiger partial charge in [0.05, 0.1) is 41.5 Å². The number of benzene rings is 1. The fourth-order valence-electron chi connectivity index (χ4n) is 5.48. The van der Waals surface area contributed by atoms with E-state index < -0.39 is 55.8 Å². The summed E-state index contributed by atoms with van der Waals surface area (Å²) >= 11 is 0. The summed E-state index contributed by atoms with van der Waals surface area (Å²) in [7, 11) is 1.40. The molecule has 1 saturated heterocycles. The second-order valence-corrected chi connectivity index (χ2v) is 9.65. The number of aromatic nitrogens is 2. The van der Waals surface area contributed by atoms with Crippen molar-refractivity contribution in [3.8, 4) is 11.4 Å². The molecule has 0 saturated carbocycles. The molecular formula is C27H28N2O9. The first-order valence-electron chi connectivity index (χ1n) is 12.3. The Morgan fingerprint density at radius 3 is 2.66 bits per heavy atom. The van der Waals surface area contributed by atoms with Crippen LogP contribution < -0.4 is 5.56 Å². The molecule has 0 unspecified atom stereocenters. The molecular weight excluding hydrogens is 496 g/mol. The van der Waals surface area contributed by atoms with Crippen molar-refractivity contribution in [3.63, 3.8) is 0 Å². The average Bonchev–Trinajstić information content (AvgIpc) is 3.29. The van der Waals surface area contributed by atoms with E-state index in [1.165, 1.54) is 7.11 Å². The number of para-hydroxylation sites is 1. The standard InChI is InChI=1S/C27H28N2O9/c1-3-14-15-9-17-20-13(8-12-6-4-5-7-16(12)28-20)10-29(17)24(34)19(15)26(35-2)37-25(14)38-27-23(33)22(32)21(31)18(11-30)36-27/h3-9,14,18,21-23,25-27,30-33H,1,10-11H2,2H3/t14-,18-,21-,22+,23-,25+,26-,27+/m1/s1. The average molecular weight is 525 g/mol. The van der Waals surface area contributed by atoms with Gasteiger partial charge in [0.2, 0.25) is 0 Å². The maximum absolute atomic E-state index is 13.8. The number of fused-ring (bicyclic) bond motifs is 5. The fourth-order valence-corrected chi connectivity index (χ4v) is 5.48. The van der Waals surface area contributed by atoms with Crippen LogP contribution in [0, 0.1) is 0 Å². The lowest BCUT2D eigenvalue weighted by Gasteiger charge is -2.43.